The minimum Gasteiger partial charge on any atom is -0.355 e. The summed E-state index contributed by atoms with van der Waals surface area (Å²) >= 11 is 0. The van der Waals surface area contributed by atoms with Crippen LogP contribution in [0.2, 0.25) is 0 Å². The summed E-state index contributed by atoms with van der Waals surface area (Å²) in [6, 6.07) is 10.1. The number of benzene rings is 1. The summed E-state index contributed by atoms with van der Waals surface area (Å²) in [5.74, 6) is -0.0427. The monoisotopic (exact) mass is 369 g/mol. The molecule has 3 aliphatic rings. The largest absolute Gasteiger partial charge is 0.355 e. The van der Waals surface area contributed by atoms with Crippen molar-refractivity contribution in [3.8, 4) is 0 Å². The highest BCUT2D eigenvalue weighted by molar-refractivity contribution is 5.89. The number of nitrogens with zero attached hydrogens (tertiary/aromatic N) is 1. The first-order chi connectivity index (χ1) is 13.0. The van der Waals surface area contributed by atoms with Gasteiger partial charge in [-0.05, 0) is 31.2 Å². The Kier molecular flexibility index (Phi) is 4.89. The quantitative estimate of drug-likeness (QED) is 0.839. The Morgan fingerprint density at radius 1 is 1.15 bits per heavy atom. The van der Waals surface area contributed by atoms with Crippen molar-refractivity contribution in [1.82, 2.24) is 15.5 Å². The molecule has 3 amide bonds. The van der Waals surface area contributed by atoms with Crippen molar-refractivity contribution >= 4 is 17.7 Å². The number of hydrogen-bond donors (Lipinski definition) is 2. The highest BCUT2D eigenvalue weighted by atomic mass is 16.2. The fraction of sp³-hybridized carbons (Fsp3) is 0.571. The lowest BCUT2D eigenvalue weighted by Crippen LogP contribution is -2.61. The summed E-state index contributed by atoms with van der Waals surface area (Å²) in [6.45, 7) is 2.15. The predicted octanol–water partition coefficient (Wildman–Crippen LogP) is 1.25. The van der Waals surface area contributed by atoms with Crippen LogP contribution in [0.15, 0.2) is 30.3 Å². The number of nitrogens with one attached hydrogen (secondary N) is 2. The number of likely N-dealkylation sites (tertiary alicyclic amines) is 1. The van der Waals surface area contributed by atoms with Gasteiger partial charge in [0.1, 0.15) is 0 Å². The lowest BCUT2D eigenvalue weighted by Gasteiger charge is -2.53. The zero-order valence-electron chi connectivity index (χ0n) is 15.6. The van der Waals surface area contributed by atoms with Gasteiger partial charge in [-0.15, -0.1) is 0 Å². The van der Waals surface area contributed by atoms with Gasteiger partial charge in [-0.3, -0.25) is 14.4 Å². The Balaban J connectivity index is 1.20. The van der Waals surface area contributed by atoms with Gasteiger partial charge in [0, 0.05) is 37.5 Å². The fourth-order valence-corrected chi connectivity index (χ4v) is 4.62. The Labute approximate surface area is 159 Å². The van der Waals surface area contributed by atoms with E-state index < -0.39 is 0 Å². The Morgan fingerprint density at radius 2 is 1.85 bits per heavy atom. The predicted molar refractivity (Wildman–Crippen MR) is 101 cm³/mol. The standard InChI is InChI=1S/C21H27N3O3/c25-18-11-16(12-22-18)20(27)23-17-6-8-21(9-7-17)13-24(14-21)19(26)10-15-4-2-1-3-5-15/h1-5,16-17H,6-14H2,(H,22,25)(H,23,27). The zero-order chi connectivity index (χ0) is 18.9. The molecule has 0 aromatic heterocycles. The van der Waals surface area contributed by atoms with Gasteiger partial charge in [0.2, 0.25) is 17.7 Å². The first-order valence-corrected chi connectivity index (χ1v) is 9.92. The lowest BCUT2D eigenvalue weighted by atomic mass is 9.67. The van der Waals surface area contributed by atoms with E-state index >= 15 is 0 Å². The van der Waals surface area contributed by atoms with Gasteiger partial charge in [-0.1, -0.05) is 30.3 Å². The van der Waals surface area contributed by atoms with Crippen molar-refractivity contribution in [2.75, 3.05) is 19.6 Å². The van der Waals surface area contributed by atoms with Gasteiger partial charge < -0.3 is 15.5 Å². The van der Waals surface area contributed by atoms with Gasteiger partial charge in [0.05, 0.1) is 12.3 Å². The summed E-state index contributed by atoms with van der Waals surface area (Å²) in [7, 11) is 0. The third-order valence-corrected chi connectivity index (χ3v) is 6.34. The van der Waals surface area contributed by atoms with E-state index in [1.54, 1.807) is 0 Å². The van der Waals surface area contributed by atoms with E-state index in [0.29, 0.717) is 19.4 Å². The molecule has 1 spiro atoms. The van der Waals surface area contributed by atoms with E-state index in [-0.39, 0.29) is 35.1 Å². The van der Waals surface area contributed by atoms with E-state index in [9.17, 15) is 14.4 Å². The second kappa shape index (κ2) is 7.33. The summed E-state index contributed by atoms with van der Waals surface area (Å²) in [5.41, 5.74) is 1.31. The van der Waals surface area contributed by atoms with Crippen LogP contribution in [0.5, 0.6) is 0 Å². The number of hydrogen-bond acceptors (Lipinski definition) is 3. The van der Waals surface area contributed by atoms with Crippen molar-refractivity contribution in [2.24, 2.45) is 11.3 Å². The van der Waals surface area contributed by atoms with Crippen molar-refractivity contribution in [1.29, 1.82) is 0 Å². The maximum absolute atomic E-state index is 12.4. The molecular weight excluding hydrogens is 342 g/mol. The van der Waals surface area contributed by atoms with Crippen LogP contribution in [0.4, 0.5) is 0 Å². The van der Waals surface area contributed by atoms with Crippen molar-refractivity contribution in [3.63, 3.8) is 0 Å². The molecule has 2 heterocycles. The Bertz CT molecular complexity index is 717. The average molecular weight is 369 g/mol. The number of rotatable bonds is 4. The van der Waals surface area contributed by atoms with Crippen LogP contribution in [0.1, 0.15) is 37.7 Å². The van der Waals surface area contributed by atoms with Crippen LogP contribution in [0.3, 0.4) is 0 Å². The molecule has 6 nitrogen and oxygen atoms in total. The van der Waals surface area contributed by atoms with Crippen molar-refractivity contribution in [2.45, 2.75) is 44.6 Å². The second-order valence-electron chi connectivity index (χ2n) is 8.40. The molecule has 2 aliphatic heterocycles. The molecule has 1 aromatic carbocycles. The molecule has 3 fully saturated rings. The molecule has 2 N–H and O–H groups in total. The average Bonchev–Trinajstić information content (AvgIpc) is 3.08. The van der Waals surface area contributed by atoms with Crippen molar-refractivity contribution < 1.29 is 14.4 Å². The first-order valence-electron chi connectivity index (χ1n) is 9.92. The molecule has 0 radical (unpaired) electrons. The maximum atomic E-state index is 12.4. The molecule has 27 heavy (non-hydrogen) atoms. The van der Waals surface area contributed by atoms with E-state index in [2.05, 4.69) is 10.6 Å². The van der Waals surface area contributed by atoms with Crippen LogP contribution in [-0.4, -0.2) is 48.3 Å². The first kappa shape index (κ1) is 18.0. The van der Waals surface area contributed by atoms with Crippen LogP contribution in [-0.2, 0) is 20.8 Å². The third-order valence-electron chi connectivity index (χ3n) is 6.34. The van der Waals surface area contributed by atoms with Crippen molar-refractivity contribution in [3.05, 3.63) is 35.9 Å². The topological polar surface area (TPSA) is 78.5 Å². The second-order valence-corrected chi connectivity index (χ2v) is 8.40. The number of carbonyl (C=O) groups excluding carboxylic acids is 3. The summed E-state index contributed by atoms with van der Waals surface area (Å²) in [5, 5.41) is 5.84. The summed E-state index contributed by atoms with van der Waals surface area (Å²) in [6.07, 6.45) is 4.80. The molecule has 0 bridgehead atoms. The minimum atomic E-state index is -0.219. The Morgan fingerprint density at radius 3 is 2.48 bits per heavy atom. The Hall–Kier alpha value is -2.37. The van der Waals surface area contributed by atoms with E-state index in [1.165, 1.54) is 0 Å². The van der Waals surface area contributed by atoms with Gasteiger partial charge in [-0.25, -0.2) is 0 Å². The highest BCUT2D eigenvalue weighted by Crippen LogP contribution is 2.44. The molecule has 1 unspecified atom stereocenters. The smallest absolute Gasteiger partial charge is 0.227 e. The van der Waals surface area contributed by atoms with Crippen LogP contribution >= 0.6 is 0 Å². The lowest BCUT2D eigenvalue weighted by molar-refractivity contribution is -0.145. The molecule has 2 saturated heterocycles. The summed E-state index contributed by atoms with van der Waals surface area (Å²) < 4.78 is 0. The van der Waals surface area contributed by atoms with Gasteiger partial charge in [0.25, 0.3) is 0 Å². The van der Waals surface area contributed by atoms with Crippen LogP contribution in [0.25, 0.3) is 0 Å². The van der Waals surface area contributed by atoms with E-state index in [1.807, 2.05) is 35.2 Å². The van der Waals surface area contributed by atoms with Gasteiger partial charge in [-0.2, -0.15) is 0 Å². The molecule has 1 aromatic rings. The fourth-order valence-electron chi connectivity index (χ4n) is 4.62. The van der Waals surface area contributed by atoms with Gasteiger partial charge >= 0.3 is 0 Å². The molecule has 1 saturated carbocycles. The van der Waals surface area contributed by atoms with Gasteiger partial charge in [0.15, 0.2) is 0 Å². The molecule has 6 heteroatoms. The number of carbonyl (C=O) groups is 3. The molecule has 1 aliphatic carbocycles. The molecule has 1 atom stereocenters. The van der Waals surface area contributed by atoms with Crippen LogP contribution in [0, 0.1) is 11.3 Å². The number of amides is 3. The SMILES string of the molecule is O=C1CC(C(=O)NC2CCC3(CC2)CN(C(=O)Cc2ccccc2)C3)CN1. The van der Waals surface area contributed by atoms with Crippen LogP contribution < -0.4 is 10.6 Å². The molecule has 4 rings (SSSR count). The molecular formula is C21H27N3O3. The maximum Gasteiger partial charge on any atom is 0.227 e. The third kappa shape index (κ3) is 3.99. The summed E-state index contributed by atoms with van der Waals surface area (Å²) in [4.78, 5) is 37.9. The molecule has 144 valence electrons. The minimum absolute atomic E-state index is 0.00238. The van der Waals surface area contributed by atoms with E-state index in [0.717, 1.165) is 44.3 Å². The zero-order valence-corrected chi connectivity index (χ0v) is 15.6. The normalized spacial score (nSPS) is 24.4. The highest BCUT2D eigenvalue weighted by Gasteiger charge is 2.47. The van der Waals surface area contributed by atoms with E-state index in [4.69, 9.17) is 0 Å².